The number of carbonyl (C=O) groups excluding carboxylic acids is 3. The molecule has 0 saturated heterocycles. The van der Waals surface area contributed by atoms with Crippen LogP contribution in [0.15, 0.2) is 24.3 Å². The average molecular weight is 306 g/mol. The van der Waals surface area contributed by atoms with Crippen LogP contribution >= 0.6 is 0 Å². The number of aromatic hydroxyl groups is 1. The van der Waals surface area contributed by atoms with Gasteiger partial charge in [0.1, 0.15) is 5.75 Å². The fourth-order valence-electron chi connectivity index (χ4n) is 2.30. The molecule has 7 nitrogen and oxygen atoms in total. The summed E-state index contributed by atoms with van der Waals surface area (Å²) in [5, 5.41) is 14.1. The van der Waals surface area contributed by atoms with Gasteiger partial charge in [0.15, 0.2) is 6.61 Å². The number of ether oxygens (including phenoxy) is 1. The number of esters is 1. The minimum absolute atomic E-state index is 0.0742. The Labute approximate surface area is 127 Å². The van der Waals surface area contributed by atoms with Crippen LogP contribution in [0.2, 0.25) is 0 Å². The lowest BCUT2D eigenvalue weighted by Gasteiger charge is -2.12. The maximum atomic E-state index is 11.7. The van der Waals surface area contributed by atoms with E-state index in [1.165, 1.54) is 24.3 Å². The van der Waals surface area contributed by atoms with Gasteiger partial charge >= 0.3 is 12.0 Å². The molecule has 0 aromatic heterocycles. The highest BCUT2D eigenvalue weighted by Gasteiger charge is 2.18. The zero-order valence-electron chi connectivity index (χ0n) is 12.0. The maximum absolute atomic E-state index is 11.7. The Balaban J connectivity index is 1.72. The molecule has 3 amide bonds. The minimum Gasteiger partial charge on any atom is -0.508 e. The number of phenolic OH excluding ortho intramolecular Hbond substituents is 1. The number of phenols is 1. The van der Waals surface area contributed by atoms with Gasteiger partial charge in [-0.2, -0.15) is 0 Å². The normalized spacial score (nSPS) is 14.4. The van der Waals surface area contributed by atoms with Crippen molar-refractivity contribution in [2.24, 2.45) is 0 Å². The first kappa shape index (κ1) is 15.8. The Bertz CT molecular complexity index is 567. The van der Waals surface area contributed by atoms with E-state index in [9.17, 15) is 19.5 Å². The Morgan fingerprint density at radius 3 is 2.64 bits per heavy atom. The smallest absolute Gasteiger partial charge is 0.338 e. The van der Waals surface area contributed by atoms with Gasteiger partial charge in [0.05, 0.1) is 5.56 Å². The Hall–Kier alpha value is -2.57. The number of carbonyl (C=O) groups is 3. The summed E-state index contributed by atoms with van der Waals surface area (Å²) in [6, 6.07) is 5.10. The van der Waals surface area contributed by atoms with Crippen molar-refractivity contribution in [1.29, 1.82) is 0 Å². The molecular formula is C15H18N2O5. The van der Waals surface area contributed by atoms with Gasteiger partial charge in [0.2, 0.25) is 0 Å². The molecule has 1 saturated carbocycles. The van der Waals surface area contributed by atoms with Crippen LogP contribution in [-0.2, 0) is 9.53 Å². The van der Waals surface area contributed by atoms with E-state index in [-0.39, 0.29) is 17.4 Å². The summed E-state index contributed by atoms with van der Waals surface area (Å²) in [6.07, 6.45) is 3.96. The number of amides is 3. The highest BCUT2D eigenvalue weighted by Crippen LogP contribution is 2.17. The largest absolute Gasteiger partial charge is 0.508 e. The molecule has 118 valence electrons. The molecule has 1 aliphatic carbocycles. The molecule has 22 heavy (non-hydrogen) atoms. The van der Waals surface area contributed by atoms with Gasteiger partial charge in [-0.05, 0) is 31.0 Å². The zero-order valence-corrected chi connectivity index (χ0v) is 12.0. The molecule has 2 rings (SSSR count). The van der Waals surface area contributed by atoms with Gasteiger partial charge in [-0.15, -0.1) is 0 Å². The second-order valence-electron chi connectivity index (χ2n) is 5.13. The van der Waals surface area contributed by atoms with Gasteiger partial charge < -0.3 is 15.2 Å². The summed E-state index contributed by atoms with van der Waals surface area (Å²) in [7, 11) is 0. The Morgan fingerprint density at radius 1 is 1.23 bits per heavy atom. The predicted octanol–water partition coefficient (Wildman–Crippen LogP) is 1.32. The maximum Gasteiger partial charge on any atom is 0.338 e. The molecule has 0 spiro atoms. The summed E-state index contributed by atoms with van der Waals surface area (Å²) in [4.78, 5) is 34.7. The predicted molar refractivity (Wildman–Crippen MR) is 77.3 cm³/mol. The highest BCUT2D eigenvalue weighted by molar-refractivity contribution is 5.97. The van der Waals surface area contributed by atoms with Crippen molar-refractivity contribution in [1.82, 2.24) is 10.6 Å². The van der Waals surface area contributed by atoms with E-state index in [0.717, 1.165) is 25.7 Å². The molecule has 0 aliphatic heterocycles. The molecule has 1 fully saturated rings. The van der Waals surface area contributed by atoms with Crippen molar-refractivity contribution in [2.75, 3.05) is 6.61 Å². The van der Waals surface area contributed by atoms with Crippen molar-refractivity contribution in [3.8, 4) is 5.75 Å². The van der Waals surface area contributed by atoms with Crippen LogP contribution in [-0.4, -0.2) is 35.7 Å². The third-order valence-corrected chi connectivity index (χ3v) is 3.36. The summed E-state index contributed by atoms with van der Waals surface area (Å²) >= 11 is 0. The molecule has 0 radical (unpaired) electrons. The number of hydrogen-bond acceptors (Lipinski definition) is 5. The average Bonchev–Trinajstić information content (AvgIpc) is 2.97. The Morgan fingerprint density at radius 2 is 1.95 bits per heavy atom. The first-order chi connectivity index (χ1) is 10.5. The van der Waals surface area contributed by atoms with Gasteiger partial charge in [-0.25, -0.2) is 9.59 Å². The van der Waals surface area contributed by atoms with Gasteiger partial charge in [-0.1, -0.05) is 18.9 Å². The minimum atomic E-state index is -0.748. The molecule has 0 atom stereocenters. The van der Waals surface area contributed by atoms with Crippen LogP contribution in [0.5, 0.6) is 5.75 Å². The molecule has 3 N–H and O–H groups in total. The topological polar surface area (TPSA) is 105 Å². The summed E-state index contributed by atoms with van der Waals surface area (Å²) in [5.41, 5.74) is 0.128. The summed E-state index contributed by atoms with van der Waals surface area (Å²) in [6.45, 7) is -0.563. The lowest BCUT2D eigenvalue weighted by molar-refractivity contribution is -0.123. The monoisotopic (exact) mass is 306 g/mol. The second kappa shape index (κ2) is 7.44. The van der Waals surface area contributed by atoms with Gasteiger partial charge in [0, 0.05) is 6.04 Å². The lowest BCUT2D eigenvalue weighted by atomic mass is 10.2. The Kier molecular flexibility index (Phi) is 5.35. The van der Waals surface area contributed by atoms with E-state index in [1.54, 1.807) is 0 Å². The SMILES string of the molecule is O=C(COC(=O)c1cccc(O)c1)NC(=O)NC1CCCC1. The molecule has 7 heteroatoms. The van der Waals surface area contributed by atoms with Gasteiger partial charge in [-0.3, -0.25) is 10.1 Å². The third-order valence-electron chi connectivity index (χ3n) is 3.36. The van der Waals surface area contributed by atoms with Crippen LogP contribution in [0, 0.1) is 0 Å². The van der Waals surface area contributed by atoms with Gasteiger partial charge in [0.25, 0.3) is 5.91 Å². The van der Waals surface area contributed by atoms with E-state index < -0.39 is 24.5 Å². The molecular weight excluding hydrogens is 288 g/mol. The first-order valence-corrected chi connectivity index (χ1v) is 7.11. The number of benzene rings is 1. The number of imide groups is 1. The van der Waals surface area contributed by atoms with Crippen LogP contribution in [0.3, 0.4) is 0 Å². The molecule has 1 aromatic rings. The number of urea groups is 1. The van der Waals surface area contributed by atoms with E-state index in [4.69, 9.17) is 4.74 Å². The quantitative estimate of drug-likeness (QED) is 0.728. The van der Waals surface area contributed by atoms with E-state index in [0.29, 0.717) is 0 Å². The van der Waals surface area contributed by atoms with Crippen molar-refractivity contribution in [3.05, 3.63) is 29.8 Å². The fourth-order valence-corrected chi connectivity index (χ4v) is 2.30. The molecule has 0 heterocycles. The summed E-state index contributed by atoms with van der Waals surface area (Å²) in [5.74, 6) is -1.53. The standard InChI is InChI=1S/C15H18N2O5/c18-12-7-3-4-10(8-12)14(20)22-9-13(19)17-15(21)16-11-5-1-2-6-11/h3-4,7-8,11,18H,1-2,5-6,9H2,(H2,16,17,19,21). The van der Waals surface area contributed by atoms with Crippen LogP contribution < -0.4 is 10.6 Å². The lowest BCUT2D eigenvalue weighted by Crippen LogP contribution is -2.44. The molecule has 0 bridgehead atoms. The molecule has 1 aliphatic rings. The number of nitrogens with one attached hydrogen (secondary N) is 2. The number of rotatable bonds is 4. The summed E-state index contributed by atoms with van der Waals surface area (Å²) < 4.78 is 4.77. The highest BCUT2D eigenvalue weighted by atomic mass is 16.5. The van der Waals surface area contributed by atoms with Crippen LogP contribution in [0.4, 0.5) is 4.79 Å². The van der Waals surface area contributed by atoms with Crippen molar-refractivity contribution >= 4 is 17.9 Å². The van der Waals surface area contributed by atoms with Crippen molar-refractivity contribution < 1.29 is 24.2 Å². The van der Waals surface area contributed by atoms with E-state index in [2.05, 4.69) is 10.6 Å². The first-order valence-electron chi connectivity index (χ1n) is 7.11. The number of hydrogen-bond donors (Lipinski definition) is 3. The van der Waals surface area contributed by atoms with Crippen molar-refractivity contribution in [3.63, 3.8) is 0 Å². The fraction of sp³-hybridized carbons (Fsp3) is 0.400. The van der Waals surface area contributed by atoms with Crippen LogP contribution in [0.25, 0.3) is 0 Å². The molecule has 0 unspecified atom stereocenters. The van der Waals surface area contributed by atoms with Crippen molar-refractivity contribution in [2.45, 2.75) is 31.7 Å². The second-order valence-corrected chi connectivity index (χ2v) is 5.13. The molecule has 1 aromatic carbocycles. The third kappa shape index (κ3) is 4.76. The van der Waals surface area contributed by atoms with E-state index >= 15 is 0 Å². The van der Waals surface area contributed by atoms with Crippen LogP contribution in [0.1, 0.15) is 36.0 Å². The zero-order chi connectivity index (χ0) is 15.9. The van der Waals surface area contributed by atoms with E-state index in [1.807, 2.05) is 0 Å².